The lowest BCUT2D eigenvalue weighted by Crippen LogP contribution is -2.24. The molecular weight excluding hydrogens is 487 g/mol. The number of hydrogen-bond acceptors (Lipinski definition) is 1. The molecule has 0 atom stereocenters. The Hall–Kier alpha value is -3.43. The first-order chi connectivity index (χ1) is 16.3. The molecule has 35 heavy (non-hydrogen) atoms. The zero-order valence-electron chi connectivity index (χ0n) is 18.0. The third-order valence-electron chi connectivity index (χ3n) is 4.93. The summed E-state index contributed by atoms with van der Waals surface area (Å²) in [5, 5.41) is 0. The van der Waals surface area contributed by atoms with E-state index in [1.807, 2.05) is 6.92 Å². The van der Waals surface area contributed by atoms with E-state index in [-0.39, 0.29) is 17.2 Å². The van der Waals surface area contributed by atoms with Crippen molar-refractivity contribution in [3.8, 4) is 16.9 Å². The molecular formula is C25H17F9O. The third-order valence-corrected chi connectivity index (χ3v) is 4.93. The number of alkyl halides is 5. The fraction of sp³-hybridized carbons (Fsp3) is 0.200. The zero-order valence-corrected chi connectivity index (χ0v) is 18.0. The van der Waals surface area contributed by atoms with Crippen LogP contribution in [0.2, 0.25) is 0 Å². The highest BCUT2D eigenvalue weighted by Crippen LogP contribution is 2.37. The molecule has 0 fully saturated rings. The highest BCUT2D eigenvalue weighted by Gasteiger charge is 2.39. The van der Waals surface area contributed by atoms with Crippen molar-refractivity contribution < 1.29 is 44.3 Å². The molecule has 1 nitrogen and oxygen atoms in total. The van der Waals surface area contributed by atoms with Gasteiger partial charge in [0.2, 0.25) is 0 Å². The molecule has 0 aliphatic carbocycles. The van der Waals surface area contributed by atoms with Gasteiger partial charge in [-0.2, -0.15) is 22.0 Å². The van der Waals surface area contributed by atoms with E-state index < -0.39 is 58.5 Å². The van der Waals surface area contributed by atoms with Crippen molar-refractivity contribution in [2.75, 3.05) is 0 Å². The lowest BCUT2D eigenvalue weighted by atomic mass is 10.00. The van der Waals surface area contributed by atoms with Gasteiger partial charge in [0.15, 0.2) is 11.6 Å². The second kappa shape index (κ2) is 10.1. The second-order valence-corrected chi connectivity index (χ2v) is 7.53. The molecule has 0 heterocycles. The molecule has 0 aliphatic heterocycles. The van der Waals surface area contributed by atoms with Gasteiger partial charge in [0.25, 0.3) is 0 Å². The topological polar surface area (TPSA) is 9.23 Å². The first-order valence-corrected chi connectivity index (χ1v) is 10.2. The van der Waals surface area contributed by atoms with Crippen molar-refractivity contribution in [3.63, 3.8) is 0 Å². The summed E-state index contributed by atoms with van der Waals surface area (Å²) in [5.74, 6) is -8.03. The van der Waals surface area contributed by atoms with Gasteiger partial charge in [0.1, 0.15) is 23.0 Å². The van der Waals surface area contributed by atoms with Crippen LogP contribution in [0.4, 0.5) is 39.5 Å². The average molecular weight is 504 g/mol. The lowest BCUT2D eigenvalue weighted by Gasteiger charge is -2.20. The maximum atomic E-state index is 14.6. The number of aryl methyl sites for hydroxylation is 1. The predicted octanol–water partition coefficient (Wildman–Crippen LogP) is 8.72. The minimum atomic E-state index is -5.08. The third kappa shape index (κ3) is 6.17. The van der Waals surface area contributed by atoms with E-state index >= 15 is 0 Å². The smallest absolute Gasteiger partial charge is 0.429 e. The number of hydrogen-bond donors (Lipinski definition) is 0. The van der Waals surface area contributed by atoms with Crippen molar-refractivity contribution >= 4 is 5.83 Å². The second-order valence-electron chi connectivity index (χ2n) is 7.53. The molecule has 10 heteroatoms. The molecule has 0 saturated carbocycles. The monoisotopic (exact) mass is 504 g/mol. The number of ether oxygens (including phenoxy) is 1. The van der Waals surface area contributed by atoms with Crippen LogP contribution >= 0.6 is 0 Å². The van der Waals surface area contributed by atoms with E-state index in [0.29, 0.717) is 18.2 Å². The van der Waals surface area contributed by atoms with Gasteiger partial charge in [-0.15, -0.1) is 0 Å². The van der Waals surface area contributed by atoms with E-state index in [0.717, 1.165) is 24.5 Å². The Morgan fingerprint density at radius 1 is 0.857 bits per heavy atom. The van der Waals surface area contributed by atoms with Crippen molar-refractivity contribution in [2.24, 2.45) is 0 Å². The molecule has 0 unspecified atom stereocenters. The van der Waals surface area contributed by atoms with Gasteiger partial charge >= 0.3 is 12.3 Å². The van der Waals surface area contributed by atoms with Gasteiger partial charge < -0.3 is 4.74 Å². The van der Waals surface area contributed by atoms with E-state index in [1.165, 1.54) is 12.1 Å². The van der Waals surface area contributed by atoms with Crippen molar-refractivity contribution in [3.05, 3.63) is 94.8 Å². The Morgan fingerprint density at radius 2 is 1.51 bits per heavy atom. The van der Waals surface area contributed by atoms with E-state index in [2.05, 4.69) is 4.74 Å². The summed E-state index contributed by atoms with van der Waals surface area (Å²) in [6, 6.07) is 9.19. The summed E-state index contributed by atoms with van der Waals surface area (Å²) in [6.07, 6.45) is -8.74. The first kappa shape index (κ1) is 26.2. The summed E-state index contributed by atoms with van der Waals surface area (Å²) in [5.41, 5.74) is -1.70. The van der Waals surface area contributed by atoms with Crippen LogP contribution in [0.3, 0.4) is 0 Å². The summed E-state index contributed by atoms with van der Waals surface area (Å²) in [7, 11) is 0. The van der Waals surface area contributed by atoms with Crippen LogP contribution in [0.25, 0.3) is 17.0 Å². The fourth-order valence-corrected chi connectivity index (χ4v) is 3.31. The fourth-order valence-electron chi connectivity index (χ4n) is 3.31. The summed E-state index contributed by atoms with van der Waals surface area (Å²) < 4.78 is 127. The largest absolute Gasteiger partial charge is 0.429 e. The van der Waals surface area contributed by atoms with Gasteiger partial charge in [-0.05, 0) is 35.7 Å². The number of allylic oxidation sites excluding steroid dienone is 1. The van der Waals surface area contributed by atoms with Crippen molar-refractivity contribution in [2.45, 2.75) is 32.1 Å². The van der Waals surface area contributed by atoms with Crippen LogP contribution in [0.5, 0.6) is 5.75 Å². The number of benzene rings is 3. The molecule has 0 aliphatic rings. The minimum Gasteiger partial charge on any atom is -0.429 e. The Balaban J connectivity index is 1.88. The lowest BCUT2D eigenvalue weighted by molar-refractivity contribution is -0.187. The molecule has 3 aromatic rings. The molecule has 0 aromatic heterocycles. The van der Waals surface area contributed by atoms with Crippen LogP contribution in [0, 0.1) is 17.5 Å². The van der Waals surface area contributed by atoms with Crippen molar-refractivity contribution in [1.82, 2.24) is 0 Å². The van der Waals surface area contributed by atoms with E-state index in [9.17, 15) is 39.5 Å². The molecule has 0 N–H and O–H groups in total. The Kier molecular flexibility index (Phi) is 7.52. The summed E-state index contributed by atoms with van der Waals surface area (Å²) in [6.45, 7) is 1.97. The number of halogens is 9. The minimum absolute atomic E-state index is 0.202. The average Bonchev–Trinajstić information content (AvgIpc) is 2.75. The van der Waals surface area contributed by atoms with Crippen LogP contribution in [0.15, 0.2) is 60.7 Å². The van der Waals surface area contributed by atoms with Crippen molar-refractivity contribution in [1.29, 1.82) is 0 Å². The molecule has 0 saturated heterocycles. The van der Waals surface area contributed by atoms with Gasteiger partial charge in [-0.1, -0.05) is 43.7 Å². The molecule has 0 spiro atoms. The van der Waals surface area contributed by atoms with Crippen LogP contribution in [-0.2, 0) is 12.5 Å². The van der Waals surface area contributed by atoms with Gasteiger partial charge in [-0.3, -0.25) is 0 Å². The summed E-state index contributed by atoms with van der Waals surface area (Å²) in [4.78, 5) is 0. The normalized spacial score (nSPS) is 12.7. The van der Waals surface area contributed by atoms with Gasteiger partial charge in [0, 0.05) is 17.2 Å². The maximum Gasteiger partial charge on any atom is 0.429 e. The molecule has 3 aromatic carbocycles. The molecule has 0 radical (unpaired) electrons. The molecule has 186 valence electrons. The van der Waals surface area contributed by atoms with Gasteiger partial charge in [-0.25, -0.2) is 17.6 Å². The SMILES string of the molecule is CCCc1ccc(-c2ccc(C(F)(F)Oc3ccc(C(F)=CC(F)(F)F)c(F)c3)c(F)c2F)cc1. The van der Waals surface area contributed by atoms with Gasteiger partial charge in [0.05, 0.1) is 6.08 Å². The highest BCUT2D eigenvalue weighted by molar-refractivity contribution is 5.65. The Bertz CT molecular complexity index is 1230. The number of rotatable bonds is 7. The van der Waals surface area contributed by atoms with E-state index in [1.54, 1.807) is 12.1 Å². The Morgan fingerprint density at radius 3 is 2.09 bits per heavy atom. The van der Waals surface area contributed by atoms with Crippen LogP contribution < -0.4 is 4.74 Å². The quantitative estimate of drug-likeness (QED) is 0.293. The summed E-state index contributed by atoms with van der Waals surface area (Å²) >= 11 is 0. The van der Waals surface area contributed by atoms with Crippen LogP contribution in [0.1, 0.15) is 30.0 Å². The Labute approximate surface area is 194 Å². The van der Waals surface area contributed by atoms with E-state index in [4.69, 9.17) is 0 Å². The zero-order chi connectivity index (χ0) is 26.0. The first-order valence-electron chi connectivity index (χ1n) is 10.2. The molecule has 3 rings (SSSR count). The standard InChI is InChI=1S/C25H17F9O/c1-2-3-14-4-6-15(7-5-14)17-10-11-19(23(29)22(17)28)25(33,34)35-16-8-9-18(20(26)12-16)21(27)13-24(30,31)32/h4-13H,2-3H2,1H3. The van der Waals surface area contributed by atoms with Crippen LogP contribution in [-0.4, -0.2) is 6.18 Å². The molecule has 0 amide bonds. The molecule has 0 bridgehead atoms. The predicted molar refractivity (Wildman–Crippen MR) is 112 cm³/mol. The highest BCUT2D eigenvalue weighted by atomic mass is 19.4. The maximum absolute atomic E-state index is 14.6.